The lowest BCUT2D eigenvalue weighted by Gasteiger charge is -2.06. The number of aliphatic imine (C=N–C) groups is 1. The van der Waals surface area contributed by atoms with Gasteiger partial charge in [0.15, 0.2) is 5.17 Å². The van der Waals surface area contributed by atoms with E-state index in [1.165, 1.54) is 11.8 Å². The van der Waals surface area contributed by atoms with Gasteiger partial charge in [0.1, 0.15) is 0 Å². The lowest BCUT2D eigenvalue weighted by atomic mass is 10.2. The molecule has 1 fully saturated rings. The third-order valence-corrected chi connectivity index (χ3v) is 5.14. The van der Waals surface area contributed by atoms with Crippen molar-refractivity contribution in [2.75, 3.05) is 5.32 Å². The average Bonchev–Trinajstić information content (AvgIpc) is 3.05. The fraction of sp³-hybridized carbons (Fsp3) is 0. The van der Waals surface area contributed by atoms with Crippen LogP contribution in [0.4, 0.5) is 17.1 Å². The monoisotopic (exact) mass is 405 g/mol. The summed E-state index contributed by atoms with van der Waals surface area (Å²) in [6.45, 7) is 0. The Morgan fingerprint density at radius 3 is 2.29 bits per heavy atom. The van der Waals surface area contributed by atoms with Gasteiger partial charge in [-0.15, -0.1) is 0 Å². The van der Waals surface area contributed by atoms with Crippen LogP contribution in [0.5, 0.6) is 0 Å². The smallest absolute Gasteiger partial charge is 0.264 e. The molecule has 1 saturated heterocycles. The highest BCUT2D eigenvalue weighted by molar-refractivity contribution is 8.18. The molecule has 28 heavy (non-hydrogen) atoms. The summed E-state index contributed by atoms with van der Waals surface area (Å²) in [5, 5.41) is 7.36. The van der Waals surface area contributed by atoms with Crippen LogP contribution in [0.1, 0.15) is 5.56 Å². The van der Waals surface area contributed by atoms with Crippen LogP contribution in [0.15, 0.2) is 88.8 Å². The first-order chi connectivity index (χ1) is 13.7. The highest BCUT2D eigenvalue weighted by atomic mass is 35.5. The molecule has 0 saturated carbocycles. The predicted molar refractivity (Wildman–Crippen MR) is 118 cm³/mol. The van der Waals surface area contributed by atoms with Crippen LogP contribution >= 0.6 is 23.4 Å². The molecular formula is C22H16ClN3OS. The number of anilines is 2. The van der Waals surface area contributed by atoms with Gasteiger partial charge < -0.3 is 10.6 Å². The fourth-order valence-corrected chi connectivity index (χ4v) is 3.58. The summed E-state index contributed by atoms with van der Waals surface area (Å²) >= 11 is 7.22. The maximum Gasteiger partial charge on any atom is 0.264 e. The van der Waals surface area contributed by atoms with E-state index in [4.69, 9.17) is 11.6 Å². The highest BCUT2D eigenvalue weighted by Gasteiger charge is 2.23. The maximum atomic E-state index is 12.2. The summed E-state index contributed by atoms with van der Waals surface area (Å²) in [5.41, 5.74) is 3.69. The van der Waals surface area contributed by atoms with Crippen molar-refractivity contribution in [3.63, 3.8) is 0 Å². The molecule has 0 aliphatic carbocycles. The van der Waals surface area contributed by atoms with Crippen molar-refractivity contribution in [1.82, 2.24) is 5.32 Å². The number of halogens is 1. The minimum Gasteiger partial charge on any atom is -0.356 e. The predicted octanol–water partition coefficient (Wildman–Crippen LogP) is 5.98. The Labute approximate surface area is 172 Å². The minimum atomic E-state index is -0.152. The number of hydrogen-bond acceptors (Lipinski definition) is 4. The van der Waals surface area contributed by atoms with E-state index in [2.05, 4.69) is 15.6 Å². The highest BCUT2D eigenvalue weighted by Crippen LogP contribution is 2.29. The molecule has 4 rings (SSSR count). The molecule has 1 heterocycles. The Morgan fingerprint density at radius 1 is 0.893 bits per heavy atom. The summed E-state index contributed by atoms with van der Waals surface area (Å²) in [4.78, 5) is 17.3. The van der Waals surface area contributed by atoms with Crippen molar-refractivity contribution in [2.45, 2.75) is 0 Å². The zero-order valence-electron chi connectivity index (χ0n) is 14.7. The number of hydrogen-bond donors (Lipinski definition) is 2. The molecule has 1 aliphatic rings. The van der Waals surface area contributed by atoms with Gasteiger partial charge in [-0.05, 0) is 71.9 Å². The first kappa shape index (κ1) is 18.3. The van der Waals surface area contributed by atoms with Crippen LogP contribution in [0.25, 0.3) is 6.08 Å². The maximum absolute atomic E-state index is 12.2. The van der Waals surface area contributed by atoms with Gasteiger partial charge in [-0.2, -0.15) is 0 Å². The number of para-hydroxylation sites is 1. The van der Waals surface area contributed by atoms with E-state index < -0.39 is 0 Å². The zero-order chi connectivity index (χ0) is 19.3. The van der Waals surface area contributed by atoms with E-state index in [1.807, 2.05) is 72.8 Å². The molecule has 0 bridgehead atoms. The fourth-order valence-electron chi connectivity index (χ4n) is 2.62. The van der Waals surface area contributed by atoms with Gasteiger partial charge in [0.2, 0.25) is 0 Å². The molecule has 3 aromatic carbocycles. The Hall–Kier alpha value is -3.02. The van der Waals surface area contributed by atoms with E-state index in [0.29, 0.717) is 15.1 Å². The van der Waals surface area contributed by atoms with Crippen molar-refractivity contribution in [3.05, 3.63) is 94.4 Å². The largest absolute Gasteiger partial charge is 0.356 e. The molecule has 1 amide bonds. The third kappa shape index (κ3) is 4.63. The molecule has 6 heteroatoms. The van der Waals surface area contributed by atoms with Crippen LogP contribution in [-0.4, -0.2) is 11.1 Å². The van der Waals surface area contributed by atoms with Gasteiger partial charge >= 0.3 is 0 Å². The normalized spacial score (nSPS) is 16.4. The number of thioether (sulfide) groups is 1. The zero-order valence-corrected chi connectivity index (χ0v) is 16.3. The second kappa shape index (κ2) is 8.33. The van der Waals surface area contributed by atoms with Crippen molar-refractivity contribution in [1.29, 1.82) is 0 Å². The first-order valence-electron chi connectivity index (χ1n) is 8.63. The quantitative estimate of drug-likeness (QED) is 0.525. The Kier molecular flexibility index (Phi) is 5.46. The third-order valence-electron chi connectivity index (χ3n) is 3.98. The molecule has 0 atom stereocenters. The number of carbonyl (C=O) groups is 1. The van der Waals surface area contributed by atoms with Crippen molar-refractivity contribution in [3.8, 4) is 0 Å². The summed E-state index contributed by atoms with van der Waals surface area (Å²) in [7, 11) is 0. The average molecular weight is 406 g/mol. The number of carbonyl (C=O) groups excluding carboxylic acids is 1. The lowest BCUT2D eigenvalue weighted by Crippen LogP contribution is -2.19. The van der Waals surface area contributed by atoms with Crippen molar-refractivity contribution in [2.24, 2.45) is 4.99 Å². The summed E-state index contributed by atoms with van der Waals surface area (Å²) in [6, 6.07) is 25.0. The van der Waals surface area contributed by atoms with Crippen LogP contribution < -0.4 is 10.6 Å². The van der Waals surface area contributed by atoms with E-state index in [9.17, 15) is 4.79 Å². The van der Waals surface area contributed by atoms with Gasteiger partial charge in [-0.25, -0.2) is 4.99 Å². The molecule has 0 unspecified atom stereocenters. The number of rotatable bonds is 4. The molecule has 138 valence electrons. The molecule has 0 spiro atoms. The lowest BCUT2D eigenvalue weighted by molar-refractivity contribution is -0.115. The van der Waals surface area contributed by atoms with E-state index in [-0.39, 0.29) is 5.91 Å². The topological polar surface area (TPSA) is 53.5 Å². The Morgan fingerprint density at radius 2 is 1.57 bits per heavy atom. The Balaban J connectivity index is 1.45. The Bertz CT molecular complexity index is 1050. The van der Waals surface area contributed by atoms with E-state index >= 15 is 0 Å². The molecule has 0 aromatic heterocycles. The van der Waals surface area contributed by atoms with Crippen LogP contribution in [0.2, 0.25) is 5.02 Å². The molecular weight excluding hydrogens is 390 g/mol. The van der Waals surface area contributed by atoms with Crippen molar-refractivity contribution < 1.29 is 4.79 Å². The standard InChI is InChI=1S/C22H16ClN3OS/c23-16-8-6-15(7-9-16)14-20-21(27)26-22(28-20)25-19-12-10-18(11-13-19)24-17-4-2-1-3-5-17/h1-14,24H,(H,25,26,27)/b20-14-. The van der Waals surface area contributed by atoms with E-state index in [1.54, 1.807) is 12.1 Å². The summed E-state index contributed by atoms with van der Waals surface area (Å²) in [5.74, 6) is -0.152. The van der Waals surface area contributed by atoms with Gasteiger partial charge in [0.05, 0.1) is 10.6 Å². The SMILES string of the molecule is O=C1NC(=Nc2ccc(Nc3ccccc3)cc2)S/C1=C\c1ccc(Cl)cc1. The second-order valence-electron chi connectivity index (χ2n) is 6.07. The summed E-state index contributed by atoms with van der Waals surface area (Å²) < 4.78 is 0. The molecule has 2 N–H and O–H groups in total. The van der Waals surface area contributed by atoms with Crippen LogP contribution in [0.3, 0.4) is 0 Å². The van der Waals surface area contributed by atoms with Crippen LogP contribution in [-0.2, 0) is 4.79 Å². The van der Waals surface area contributed by atoms with Gasteiger partial charge in [0.25, 0.3) is 5.91 Å². The number of benzene rings is 3. The molecule has 0 radical (unpaired) electrons. The summed E-state index contributed by atoms with van der Waals surface area (Å²) in [6.07, 6.45) is 1.83. The van der Waals surface area contributed by atoms with Gasteiger partial charge in [0, 0.05) is 16.4 Å². The number of amidine groups is 1. The molecule has 3 aromatic rings. The van der Waals surface area contributed by atoms with E-state index in [0.717, 1.165) is 22.6 Å². The minimum absolute atomic E-state index is 0.152. The number of amides is 1. The molecule has 1 aliphatic heterocycles. The van der Waals surface area contributed by atoms with Gasteiger partial charge in [-0.3, -0.25) is 4.79 Å². The van der Waals surface area contributed by atoms with Crippen molar-refractivity contribution >= 4 is 57.6 Å². The first-order valence-corrected chi connectivity index (χ1v) is 9.82. The second-order valence-corrected chi connectivity index (χ2v) is 7.54. The van der Waals surface area contributed by atoms with Gasteiger partial charge in [-0.1, -0.05) is 41.9 Å². The van der Waals surface area contributed by atoms with Crippen LogP contribution in [0, 0.1) is 0 Å². The molecule has 4 nitrogen and oxygen atoms in total. The number of nitrogens with one attached hydrogen (secondary N) is 2. The number of nitrogens with zero attached hydrogens (tertiary/aromatic N) is 1.